The average Bonchev–Trinajstić information content (AvgIpc) is 2.86. The van der Waals surface area contributed by atoms with Gasteiger partial charge in [-0.25, -0.2) is 0 Å². The maximum Gasteiger partial charge on any atom is 0.0688 e. The molecule has 2 rings (SSSR count). The van der Waals surface area contributed by atoms with Crippen molar-refractivity contribution in [3.63, 3.8) is 0 Å². The molecule has 0 spiro atoms. The minimum atomic E-state index is 0.119. The third-order valence-corrected chi connectivity index (χ3v) is 4.07. The molecule has 0 bridgehead atoms. The molecule has 2 aromatic rings. The molecule has 19 heavy (non-hydrogen) atoms. The summed E-state index contributed by atoms with van der Waals surface area (Å²) in [6, 6.07) is 8.33. The van der Waals surface area contributed by atoms with Crippen LogP contribution in [0.1, 0.15) is 45.1 Å². The van der Waals surface area contributed by atoms with E-state index < -0.39 is 0 Å². The SMILES string of the molecule is CCCCC(CC)Cn1ccc2c(CO)cccc21. The fourth-order valence-electron chi connectivity index (χ4n) is 2.78. The van der Waals surface area contributed by atoms with Crippen LogP contribution in [0, 0.1) is 5.92 Å². The summed E-state index contributed by atoms with van der Waals surface area (Å²) < 4.78 is 2.35. The van der Waals surface area contributed by atoms with Gasteiger partial charge in [-0.1, -0.05) is 45.2 Å². The lowest BCUT2D eigenvalue weighted by atomic mass is 9.99. The van der Waals surface area contributed by atoms with E-state index in [1.54, 1.807) is 0 Å². The molecule has 1 N–H and O–H groups in total. The Hall–Kier alpha value is -1.28. The van der Waals surface area contributed by atoms with Gasteiger partial charge in [0, 0.05) is 23.6 Å². The van der Waals surface area contributed by atoms with Crippen LogP contribution in [0.3, 0.4) is 0 Å². The molecular weight excluding hydrogens is 234 g/mol. The van der Waals surface area contributed by atoms with E-state index in [1.807, 2.05) is 12.1 Å². The number of hydrogen-bond donors (Lipinski definition) is 1. The van der Waals surface area contributed by atoms with Gasteiger partial charge in [0.05, 0.1) is 6.61 Å². The second-order valence-electron chi connectivity index (χ2n) is 5.39. The second kappa shape index (κ2) is 6.76. The number of aliphatic hydroxyl groups is 1. The Morgan fingerprint density at radius 3 is 2.74 bits per heavy atom. The van der Waals surface area contributed by atoms with Crippen LogP contribution in [0.4, 0.5) is 0 Å². The lowest BCUT2D eigenvalue weighted by molar-refractivity contribution is 0.283. The standard InChI is InChI=1S/C17H25NO/c1-3-5-7-14(4-2)12-18-11-10-16-15(13-19)8-6-9-17(16)18/h6,8-11,14,19H,3-5,7,12-13H2,1-2H3. The van der Waals surface area contributed by atoms with E-state index in [2.05, 4.69) is 36.7 Å². The first-order chi connectivity index (χ1) is 9.30. The number of fused-ring (bicyclic) bond motifs is 1. The molecule has 1 heterocycles. The Morgan fingerprint density at radius 2 is 2.05 bits per heavy atom. The highest BCUT2D eigenvalue weighted by molar-refractivity contribution is 5.83. The van der Waals surface area contributed by atoms with Gasteiger partial charge in [-0.05, 0) is 30.0 Å². The monoisotopic (exact) mass is 259 g/mol. The normalized spacial score (nSPS) is 13.0. The van der Waals surface area contributed by atoms with E-state index in [4.69, 9.17) is 0 Å². The fourth-order valence-corrected chi connectivity index (χ4v) is 2.78. The average molecular weight is 259 g/mol. The second-order valence-corrected chi connectivity index (χ2v) is 5.39. The summed E-state index contributed by atoms with van der Waals surface area (Å²) >= 11 is 0. The Bertz CT molecular complexity index is 515. The Balaban J connectivity index is 2.20. The van der Waals surface area contributed by atoms with Crippen LogP contribution in [0.15, 0.2) is 30.5 Å². The van der Waals surface area contributed by atoms with Crippen molar-refractivity contribution in [3.8, 4) is 0 Å². The maximum absolute atomic E-state index is 9.38. The maximum atomic E-state index is 9.38. The van der Waals surface area contributed by atoms with Gasteiger partial charge in [-0.3, -0.25) is 0 Å². The van der Waals surface area contributed by atoms with E-state index in [0.29, 0.717) is 0 Å². The molecule has 1 unspecified atom stereocenters. The summed E-state index contributed by atoms with van der Waals surface area (Å²) in [6.07, 6.45) is 7.31. The van der Waals surface area contributed by atoms with Crippen molar-refractivity contribution >= 4 is 10.9 Å². The van der Waals surface area contributed by atoms with Gasteiger partial charge in [-0.2, -0.15) is 0 Å². The van der Waals surface area contributed by atoms with Gasteiger partial charge in [0.25, 0.3) is 0 Å². The quantitative estimate of drug-likeness (QED) is 0.785. The highest BCUT2D eigenvalue weighted by Gasteiger charge is 2.10. The molecule has 0 amide bonds. The zero-order chi connectivity index (χ0) is 13.7. The summed E-state index contributed by atoms with van der Waals surface area (Å²) in [5.41, 5.74) is 2.28. The number of rotatable bonds is 7. The molecule has 104 valence electrons. The molecule has 1 aromatic carbocycles. The zero-order valence-corrected chi connectivity index (χ0v) is 12.1. The third kappa shape index (κ3) is 3.19. The van der Waals surface area contributed by atoms with Crippen LogP contribution < -0.4 is 0 Å². The topological polar surface area (TPSA) is 25.2 Å². The van der Waals surface area contributed by atoms with Crippen LogP contribution >= 0.6 is 0 Å². The molecule has 0 aliphatic heterocycles. The molecular formula is C17H25NO. The third-order valence-electron chi connectivity index (χ3n) is 4.07. The summed E-state index contributed by atoms with van der Waals surface area (Å²) in [5, 5.41) is 10.6. The number of benzene rings is 1. The Morgan fingerprint density at radius 1 is 1.21 bits per heavy atom. The largest absolute Gasteiger partial charge is 0.392 e. The predicted octanol–water partition coefficient (Wildman–Crippen LogP) is 4.35. The molecule has 0 saturated carbocycles. The zero-order valence-electron chi connectivity index (χ0n) is 12.1. The Kier molecular flexibility index (Phi) is 5.03. The minimum Gasteiger partial charge on any atom is -0.392 e. The molecule has 1 atom stereocenters. The summed E-state index contributed by atoms with van der Waals surface area (Å²) in [6.45, 7) is 5.75. The molecule has 0 radical (unpaired) electrons. The van der Waals surface area contributed by atoms with E-state index in [-0.39, 0.29) is 6.61 Å². The first-order valence-corrected chi connectivity index (χ1v) is 7.47. The van der Waals surface area contributed by atoms with Crippen molar-refractivity contribution in [1.82, 2.24) is 4.57 Å². The molecule has 0 aliphatic carbocycles. The molecule has 2 heteroatoms. The summed E-state index contributed by atoms with van der Waals surface area (Å²) in [7, 11) is 0. The number of unbranched alkanes of at least 4 members (excludes halogenated alkanes) is 1. The van der Waals surface area contributed by atoms with Gasteiger partial charge < -0.3 is 9.67 Å². The van der Waals surface area contributed by atoms with Crippen LogP contribution in [-0.4, -0.2) is 9.67 Å². The van der Waals surface area contributed by atoms with Gasteiger partial charge in [0.15, 0.2) is 0 Å². The van der Waals surface area contributed by atoms with Crippen molar-refractivity contribution < 1.29 is 5.11 Å². The molecule has 2 nitrogen and oxygen atoms in total. The van der Waals surface area contributed by atoms with Gasteiger partial charge >= 0.3 is 0 Å². The van der Waals surface area contributed by atoms with Crippen LogP contribution in [0.5, 0.6) is 0 Å². The van der Waals surface area contributed by atoms with Crippen LogP contribution in [-0.2, 0) is 13.2 Å². The van der Waals surface area contributed by atoms with Gasteiger partial charge in [0.1, 0.15) is 0 Å². The highest BCUT2D eigenvalue weighted by atomic mass is 16.3. The number of hydrogen-bond acceptors (Lipinski definition) is 1. The molecule has 1 aromatic heterocycles. The molecule has 0 saturated heterocycles. The number of nitrogens with zero attached hydrogens (tertiary/aromatic N) is 1. The van der Waals surface area contributed by atoms with Crippen molar-refractivity contribution in [2.45, 2.75) is 52.7 Å². The van der Waals surface area contributed by atoms with E-state index in [1.165, 1.54) is 36.6 Å². The van der Waals surface area contributed by atoms with Crippen molar-refractivity contribution in [2.75, 3.05) is 0 Å². The molecule has 0 fully saturated rings. The Labute approximate surface area is 116 Å². The molecule has 0 aliphatic rings. The number of aliphatic hydroxyl groups excluding tert-OH is 1. The minimum absolute atomic E-state index is 0.119. The van der Waals surface area contributed by atoms with Crippen molar-refractivity contribution in [2.24, 2.45) is 5.92 Å². The van der Waals surface area contributed by atoms with E-state index in [0.717, 1.165) is 18.0 Å². The summed E-state index contributed by atoms with van der Waals surface area (Å²) in [5.74, 6) is 0.758. The van der Waals surface area contributed by atoms with Crippen molar-refractivity contribution in [3.05, 3.63) is 36.0 Å². The smallest absolute Gasteiger partial charge is 0.0688 e. The van der Waals surface area contributed by atoms with Gasteiger partial charge in [-0.15, -0.1) is 0 Å². The summed E-state index contributed by atoms with van der Waals surface area (Å²) in [4.78, 5) is 0. The van der Waals surface area contributed by atoms with E-state index in [9.17, 15) is 5.11 Å². The predicted molar refractivity (Wildman–Crippen MR) is 81.2 cm³/mol. The van der Waals surface area contributed by atoms with Crippen LogP contribution in [0.2, 0.25) is 0 Å². The fraction of sp³-hybridized carbons (Fsp3) is 0.529. The lowest BCUT2D eigenvalue weighted by Crippen LogP contribution is -2.09. The number of aromatic nitrogens is 1. The first kappa shape index (κ1) is 14.1. The van der Waals surface area contributed by atoms with Gasteiger partial charge in [0.2, 0.25) is 0 Å². The van der Waals surface area contributed by atoms with E-state index >= 15 is 0 Å². The lowest BCUT2D eigenvalue weighted by Gasteiger charge is -2.16. The van der Waals surface area contributed by atoms with Crippen molar-refractivity contribution in [1.29, 1.82) is 0 Å². The highest BCUT2D eigenvalue weighted by Crippen LogP contribution is 2.23. The first-order valence-electron chi connectivity index (χ1n) is 7.47. The van der Waals surface area contributed by atoms with Crippen LogP contribution in [0.25, 0.3) is 10.9 Å².